The number of hydrogen-bond donors (Lipinski definition) is 1. The molecule has 0 fully saturated rings. The van der Waals surface area contributed by atoms with Crippen molar-refractivity contribution in [3.8, 4) is 38.3 Å². The number of rotatable bonds is 11. The first kappa shape index (κ1) is 28.8. The molecule has 0 saturated heterocycles. The van der Waals surface area contributed by atoms with Crippen LogP contribution in [0.1, 0.15) is 19.4 Å². The van der Waals surface area contributed by atoms with Crippen LogP contribution in [-0.2, 0) is 16.0 Å². The minimum atomic E-state index is -0.593. The maximum atomic E-state index is 14.4. The van der Waals surface area contributed by atoms with Crippen molar-refractivity contribution in [3.63, 3.8) is 0 Å². The van der Waals surface area contributed by atoms with Gasteiger partial charge < -0.3 is 19.9 Å². The van der Waals surface area contributed by atoms with E-state index in [1.165, 1.54) is 11.3 Å². The summed E-state index contributed by atoms with van der Waals surface area (Å²) in [6.07, 6.45) is 0.0338. The molecule has 0 saturated carbocycles. The normalized spacial score (nSPS) is 12.6. The number of aromatic nitrogens is 1. The molecule has 3 aromatic carbocycles. The summed E-state index contributed by atoms with van der Waals surface area (Å²) in [5, 5.41) is 0.743. The van der Waals surface area contributed by atoms with Gasteiger partial charge in [0.25, 0.3) is 11.7 Å². The standard InChI is InChI=1S/C31H33N3O5S/c1-20(2)34(19-27(32)35,28(36)18-21-11-16-25(38-4)26(17-21)39-5)30-29(22-12-14-24(37-3)15-13-22)40-31(33-30)23-9-7-6-8-10-23/h6-17,20H,18-19H2,1-5H3,(H-,32,35)/p+1. The molecule has 4 rings (SSSR count). The van der Waals surface area contributed by atoms with E-state index < -0.39 is 5.91 Å². The number of nitrogens with zero attached hydrogens (tertiary/aromatic N) is 2. The maximum Gasteiger partial charge on any atom is 0.325 e. The van der Waals surface area contributed by atoms with E-state index in [0.29, 0.717) is 23.1 Å². The first-order valence-electron chi connectivity index (χ1n) is 12.8. The van der Waals surface area contributed by atoms with Crippen molar-refractivity contribution in [2.75, 3.05) is 27.9 Å². The fraction of sp³-hybridized carbons (Fsp3) is 0.258. The third kappa shape index (κ3) is 5.71. The lowest BCUT2D eigenvalue weighted by atomic mass is 10.1. The molecule has 1 atom stereocenters. The van der Waals surface area contributed by atoms with E-state index in [0.717, 1.165) is 26.6 Å². The highest BCUT2D eigenvalue weighted by atomic mass is 32.1. The summed E-state index contributed by atoms with van der Waals surface area (Å²) in [5.74, 6) is 1.49. The summed E-state index contributed by atoms with van der Waals surface area (Å²) in [7, 11) is 4.72. The van der Waals surface area contributed by atoms with Gasteiger partial charge in [-0.15, -0.1) is 11.3 Å². The second kappa shape index (κ2) is 12.3. The summed E-state index contributed by atoms with van der Waals surface area (Å²) >= 11 is 1.48. The van der Waals surface area contributed by atoms with Crippen molar-refractivity contribution in [3.05, 3.63) is 78.4 Å². The Morgan fingerprint density at radius 2 is 1.55 bits per heavy atom. The minimum absolute atomic E-state index is 0.0338. The predicted molar refractivity (Wildman–Crippen MR) is 159 cm³/mol. The van der Waals surface area contributed by atoms with Gasteiger partial charge in [-0.1, -0.05) is 36.4 Å². The number of methoxy groups -OCH3 is 3. The van der Waals surface area contributed by atoms with Crippen molar-refractivity contribution < 1.29 is 23.8 Å². The van der Waals surface area contributed by atoms with Crippen LogP contribution in [0.4, 0.5) is 5.82 Å². The van der Waals surface area contributed by atoms with Crippen LogP contribution in [0.3, 0.4) is 0 Å². The fourth-order valence-corrected chi connectivity index (χ4v) is 5.90. The Morgan fingerprint density at radius 1 is 0.875 bits per heavy atom. The molecule has 8 nitrogen and oxygen atoms in total. The monoisotopic (exact) mass is 560 g/mol. The predicted octanol–water partition coefficient (Wildman–Crippen LogP) is 5.47. The van der Waals surface area contributed by atoms with Crippen LogP contribution >= 0.6 is 11.3 Å². The van der Waals surface area contributed by atoms with Crippen molar-refractivity contribution in [1.29, 1.82) is 0 Å². The Kier molecular flexibility index (Phi) is 8.86. The van der Waals surface area contributed by atoms with Crippen LogP contribution in [-0.4, -0.2) is 50.7 Å². The average molecular weight is 561 g/mol. The molecular weight excluding hydrogens is 526 g/mol. The minimum Gasteiger partial charge on any atom is -0.497 e. The number of carbonyl (C=O) groups excluding carboxylic acids is 2. The quantitative estimate of drug-likeness (QED) is 0.244. The summed E-state index contributed by atoms with van der Waals surface area (Å²) in [6, 6.07) is 22.4. The van der Waals surface area contributed by atoms with E-state index >= 15 is 0 Å². The van der Waals surface area contributed by atoms with Crippen LogP contribution in [0.15, 0.2) is 72.8 Å². The van der Waals surface area contributed by atoms with Gasteiger partial charge in [0.1, 0.15) is 15.6 Å². The van der Waals surface area contributed by atoms with E-state index in [1.54, 1.807) is 33.5 Å². The molecule has 0 aliphatic rings. The molecular formula is C31H34N3O5S+. The van der Waals surface area contributed by atoms with Crippen molar-refractivity contribution in [1.82, 2.24) is 9.47 Å². The van der Waals surface area contributed by atoms with Crippen LogP contribution in [0.2, 0.25) is 0 Å². The number of quaternary nitrogens is 1. The molecule has 0 aliphatic heterocycles. The first-order valence-corrected chi connectivity index (χ1v) is 13.7. The molecule has 2 N–H and O–H groups in total. The third-order valence-electron chi connectivity index (χ3n) is 6.90. The van der Waals surface area contributed by atoms with E-state index in [4.69, 9.17) is 24.9 Å². The number of amides is 2. The van der Waals surface area contributed by atoms with Crippen molar-refractivity contribution in [2.24, 2.45) is 5.73 Å². The SMILES string of the molecule is COc1ccc(-c2sc(-c3ccccc3)nc2[N+](CC(N)=O)(C(=O)Cc2ccc(OC)c(OC)c2)C(C)C)cc1. The molecule has 2 amide bonds. The van der Waals surface area contributed by atoms with Crippen LogP contribution in [0.25, 0.3) is 21.0 Å². The molecule has 0 aliphatic carbocycles. The lowest BCUT2D eigenvalue weighted by Crippen LogP contribution is -2.63. The van der Waals surface area contributed by atoms with E-state index in [9.17, 15) is 9.59 Å². The third-order valence-corrected chi connectivity index (χ3v) is 8.04. The summed E-state index contributed by atoms with van der Waals surface area (Å²) in [4.78, 5) is 32.9. The summed E-state index contributed by atoms with van der Waals surface area (Å²) in [5.41, 5.74) is 8.33. The largest absolute Gasteiger partial charge is 0.497 e. The van der Waals surface area contributed by atoms with Gasteiger partial charge in [-0.25, -0.2) is 9.28 Å². The highest BCUT2D eigenvalue weighted by Crippen LogP contribution is 2.45. The number of nitrogens with two attached hydrogens (primary N) is 1. The number of hydrogen-bond acceptors (Lipinski definition) is 7. The molecule has 0 bridgehead atoms. The molecule has 40 heavy (non-hydrogen) atoms. The average Bonchev–Trinajstić information content (AvgIpc) is 3.41. The fourth-order valence-electron chi connectivity index (χ4n) is 4.77. The molecule has 4 aromatic rings. The molecule has 0 radical (unpaired) electrons. The second-order valence-electron chi connectivity index (χ2n) is 9.61. The Morgan fingerprint density at radius 3 is 2.12 bits per heavy atom. The van der Waals surface area contributed by atoms with Crippen molar-refractivity contribution >= 4 is 29.0 Å². The Balaban J connectivity index is 1.92. The molecule has 9 heteroatoms. The van der Waals surface area contributed by atoms with Gasteiger partial charge in [0.15, 0.2) is 18.0 Å². The van der Waals surface area contributed by atoms with Gasteiger partial charge in [-0.05, 0) is 61.4 Å². The molecule has 0 spiro atoms. The van der Waals surface area contributed by atoms with Crippen LogP contribution in [0.5, 0.6) is 17.2 Å². The van der Waals surface area contributed by atoms with Crippen LogP contribution in [0, 0.1) is 0 Å². The van der Waals surface area contributed by atoms with Gasteiger partial charge >= 0.3 is 5.91 Å². The van der Waals surface area contributed by atoms with E-state index in [-0.39, 0.29) is 29.4 Å². The lowest BCUT2D eigenvalue weighted by molar-refractivity contribution is -0.135. The topological polar surface area (TPSA) is 101 Å². The highest BCUT2D eigenvalue weighted by molar-refractivity contribution is 7.19. The van der Waals surface area contributed by atoms with Crippen LogP contribution < -0.4 is 24.4 Å². The van der Waals surface area contributed by atoms with Gasteiger partial charge in [-0.3, -0.25) is 4.79 Å². The Hall–Kier alpha value is -4.21. The zero-order chi connectivity index (χ0) is 28.9. The lowest BCUT2D eigenvalue weighted by Gasteiger charge is -2.37. The molecule has 1 heterocycles. The number of carbonyl (C=O) groups is 2. The van der Waals surface area contributed by atoms with E-state index in [2.05, 4.69) is 0 Å². The zero-order valence-electron chi connectivity index (χ0n) is 23.3. The number of benzene rings is 3. The van der Waals surface area contributed by atoms with Gasteiger partial charge in [0.2, 0.25) is 0 Å². The smallest absolute Gasteiger partial charge is 0.325 e. The van der Waals surface area contributed by atoms with E-state index in [1.807, 2.05) is 74.5 Å². The Labute approximate surface area is 238 Å². The zero-order valence-corrected chi connectivity index (χ0v) is 24.2. The maximum absolute atomic E-state index is 14.4. The number of thiazole rings is 1. The highest BCUT2D eigenvalue weighted by Gasteiger charge is 2.48. The van der Waals surface area contributed by atoms with Gasteiger partial charge in [0.05, 0.1) is 33.8 Å². The number of primary amides is 1. The molecule has 208 valence electrons. The molecule has 1 aromatic heterocycles. The Bertz CT molecular complexity index is 1480. The summed E-state index contributed by atoms with van der Waals surface area (Å²) < 4.78 is 15.8. The van der Waals surface area contributed by atoms with Gasteiger partial charge in [0, 0.05) is 5.56 Å². The van der Waals surface area contributed by atoms with Gasteiger partial charge in [-0.2, -0.15) is 4.98 Å². The van der Waals surface area contributed by atoms with Crippen molar-refractivity contribution in [2.45, 2.75) is 26.3 Å². The summed E-state index contributed by atoms with van der Waals surface area (Å²) in [6.45, 7) is 3.59. The first-order chi connectivity index (χ1) is 19.2. The second-order valence-corrected chi connectivity index (χ2v) is 10.6. The number of ether oxygens (including phenoxy) is 3. The molecule has 1 unspecified atom stereocenters.